The number of thiazole rings is 1. The first-order valence-corrected chi connectivity index (χ1v) is 8.45. The van der Waals surface area contributed by atoms with Gasteiger partial charge in [0.1, 0.15) is 5.69 Å². The molecule has 3 rings (SSSR count). The van der Waals surface area contributed by atoms with E-state index in [1.54, 1.807) is 26.0 Å². The van der Waals surface area contributed by atoms with Crippen LogP contribution < -0.4 is 5.32 Å². The average Bonchev–Trinajstić information content (AvgIpc) is 3.20. The number of aryl methyl sites for hydroxylation is 2. The maximum absolute atomic E-state index is 12.9. The number of amides is 1. The number of rotatable bonds is 4. The Bertz CT molecular complexity index is 948. The number of alkyl halides is 3. The number of halogens is 3. The van der Waals surface area contributed by atoms with E-state index >= 15 is 0 Å². The molecule has 0 aliphatic heterocycles. The summed E-state index contributed by atoms with van der Waals surface area (Å²) in [5, 5.41) is 6.47. The van der Waals surface area contributed by atoms with E-state index in [1.807, 2.05) is 0 Å². The molecule has 0 spiro atoms. The van der Waals surface area contributed by atoms with Crippen molar-refractivity contribution in [3.63, 3.8) is 0 Å². The van der Waals surface area contributed by atoms with Crippen LogP contribution in [0.2, 0.25) is 0 Å². The second kappa shape index (κ2) is 6.87. The van der Waals surface area contributed by atoms with Gasteiger partial charge in [0.15, 0.2) is 10.8 Å². The van der Waals surface area contributed by atoms with Crippen LogP contribution in [0.3, 0.4) is 0 Å². The van der Waals surface area contributed by atoms with Gasteiger partial charge in [-0.25, -0.2) is 4.98 Å². The van der Waals surface area contributed by atoms with Crippen LogP contribution in [0, 0.1) is 6.92 Å². The Morgan fingerprint density at radius 2 is 2.12 bits per heavy atom. The molecular weight excluding hydrogens is 367 g/mol. The standard InChI is InChI=1S/C16H14F3N5OS/c1-3-24-10(7-12(23-24)16(17,18)19)11-8-21-15(26-11)22-14(25)13-9(2)5-4-6-20-13/h4-8H,3H2,1-2H3,(H,21,22,25). The van der Waals surface area contributed by atoms with Crippen LogP contribution in [0.4, 0.5) is 18.3 Å². The third-order valence-electron chi connectivity index (χ3n) is 3.57. The number of nitrogens with one attached hydrogen (secondary N) is 1. The molecule has 0 aliphatic rings. The summed E-state index contributed by atoms with van der Waals surface area (Å²) in [6.07, 6.45) is -1.60. The first-order chi connectivity index (χ1) is 12.3. The van der Waals surface area contributed by atoms with E-state index in [4.69, 9.17) is 0 Å². The van der Waals surface area contributed by atoms with Gasteiger partial charge >= 0.3 is 6.18 Å². The molecule has 0 saturated heterocycles. The number of hydrogen-bond donors (Lipinski definition) is 1. The molecule has 0 saturated carbocycles. The summed E-state index contributed by atoms with van der Waals surface area (Å²) >= 11 is 1.07. The van der Waals surface area contributed by atoms with Crippen LogP contribution in [-0.2, 0) is 12.7 Å². The number of carbonyl (C=O) groups is 1. The van der Waals surface area contributed by atoms with Crippen molar-refractivity contribution in [1.82, 2.24) is 19.7 Å². The molecule has 0 radical (unpaired) electrons. The number of aromatic nitrogens is 4. The zero-order valence-corrected chi connectivity index (χ0v) is 14.6. The van der Waals surface area contributed by atoms with Crippen LogP contribution in [-0.4, -0.2) is 25.7 Å². The summed E-state index contributed by atoms with van der Waals surface area (Å²) in [6, 6.07) is 4.46. The molecule has 0 fully saturated rings. The molecule has 0 unspecified atom stereocenters. The van der Waals surface area contributed by atoms with Crippen molar-refractivity contribution in [3.8, 4) is 10.6 Å². The van der Waals surface area contributed by atoms with Gasteiger partial charge in [0, 0.05) is 18.9 Å². The van der Waals surface area contributed by atoms with Crippen molar-refractivity contribution in [3.05, 3.63) is 47.5 Å². The van der Waals surface area contributed by atoms with Crippen LogP contribution >= 0.6 is 11.3 Å². The topological polar surface area (TPSA) is 72.7 Å². The summed E-state index contributed by atoms with van der Waals surface area (Å²) in [7, 11) is 0. The molecular formula is C16H14F3N5OS. The molecule has 1 amide bonds. The van der Waals surface area contributed by atoms with Gasteiger partial charge in [-0.05, 0) is 31.5 Å². The van der Waals surface area contributed by atoms with Crippen LogP contribution in [0.25, 0.3) is 10.6 Å². The minimum atomic E-state index is -4.52. The van der Waals surface area contributed by atoms with Gasteiger partial charge in [-0.2, -0.15) is 18.3 Å². The zero-order chi connectivity index (χ0) is 18.9. The molecule has 3 aromatic rings. The molecule has 0 aliphatic carbocycles. The smallest absolute Gasteiger partial charge is 0.296 e. The predicted molar refractivity (Wildman–Crippen MR) is 90.9 cm³/mol. The van der Waals surface area contributed by atoms with Gasteiger partial charge in [0.2, 0.25) is 0 Å². The highest BCUT2D eigenvalue weighted by Crippen LogP contribution is 2.34. The van der Waals surface area contributed by atoms with Crippen LogP contribution in [0.15, 0.2) is 30.6 Å². The second-order valence-electron chi connectivity index (χ2n) is 5.38. The van der Waals surface area contributed by atoms with Crippen LogP contribution in [0.5, 0.6) is 0 Å². The summed E-state index contributed by atoms with van der Waals surface area (Å²) in [6.45, 7) is 3.73. The fourth-order valence-electron chi connectivity index (χ4n) is 2.32. The number of hydrogen-bond acceptors (Lipinski definition) is 5. The highest BCUT2D eigenvalue weighted by Gasteiger charge is 2.35. The van der Waals surface area contributed by atoms with Gasteiger partial charge in [-0.1, -0.05) is 17.4 Å². The minimum Gasteiger partial charge on any atom is -0.296 e. The predicted octanol–water partition coefficient (Wildman–Crippen LogP) is 4.00. The number of carbonyl (C=O) groups excluding carboxylic acids is 1. The van der Waals surface area contributed by atoms with E-state index < -0.39 is 17.8 Å². The second-order valence-corrected chi connectivity index (χ2v) is 6.41. The van der Waals surface area contributed by atoms with E-state index in [1.165, 1.54) is 17.1 Å². The van der Waals surface area contributed by atoms with Gasteiger partial charge in [0.25, 0.3) is 5.91 Å². The van der Waals surface area contributed by atoms with Gasteiger partial charge < -0.3 is 0 Å². The zero-order valence-electron chi connectivity index (χ0n) is 13.8. The molecule has 3 aromatic heterocycles. The highest BCUT2D eigenvalue weighted by atomic mass is 32.1. The van der Waals surface area contributed by atoms with E-state index in [-0.39, 0.29) is 17.4 Å². The molecule has 26 heavy (non-hydrogen) atoms. The molecule has 136 valence electrons. The number of anilines is 1. The Hall–Kier alpha value is -2.75. The SMILES string of the molecule is CCn1nc(C(F)(F)F)cc1-c1cnc(NC(=O)c2ncccc2C)s1. The summed E-state index contributed by atoms with van der Waals surface area (Å²) in [5.41, 5.74) is 0.312. The molecule has 10 heteroatoms. The van der Waals surface area contributed by atoms with Crippen molar-refractivity contribution in [1.29, 1.82) is 0 Å². The molecule has 0 aromatic carbocycles. The van der Waals surface area contributed by atoms with Crippen LogP contribution in [0.1, 0.15) is 28.7 Å². The lowest BCUT2D eigenvalue weighted by atomic mass is 10.2. The first kappa shape index (κ1) is 18.1. The van der Waals surface area contributed by atoms with Crippen molar-refractivity contribution >= 4 is 22.4 Å². The molecule has 0 bridgehead atoms. The minimum absolute atomic E-state index is 0.266. The third kappa shape index (κ3) is 3.59. The molecule has 3 heterocycles. The van der Waals surface area contributed by atoms with Gasteiger partial charge in [-0.15, -0.1) is 0 Å². The Morgan fingerprint density at radius 1 is 1.35 bits per heavy atom. The molecule has 0 atom stereocenters. The number of pyridine rings is 1. The highest BCUT2D eigenvalue weighted by molar-refractivity contribution is 7.19. The normalized spacial score (nSPS) is 11.6. The first-order valence-electron chi connectivity index (χ1n) is 7.63. The Labute approximate surface area is 150 Å². The maximum atomic E-state index is 12.9. The van der Waals surface area contributed by atoms with Crippen molar-refractivity contribution in [2.75, 3.05) is 5.32 Å². The van der Waals surface area contributed by atoms with E-state index in [2.05, 4.69) is 20.4 Å². The van der Waals surface area contributed by atoms with E-state index in [9.17, 15) is 18.0 Å². The largest absolute Gasteiger partial charge is 0.435 e. The van der Waals surface area contributed by atoms with Crippen molar-refractivity contribution < 1.29 is 18.0 Å². The lowest BCUT2D eigenvalue weighted by molar-refractivity contribution is -0.141. The average molecular weight is 381 g/mol. The van der Waals surface area contributed by atoms with Gasteiger partial charge in [0.05, 0.1) is 10.6 Å². The van der Waals surface area contributed by atoms with E-state index in [0.717, 1.165) is 17.4 Å². The summed E-state index contributed by atoms with van der Waals surface area (Å²) in [4.78, 5) is 20.8. The van der Waals surface area contributed by atoms with Gasteiger partial charge in [-0.3, -0.25) is 19.8 Å². The lowest BCUT2D eigenvalue weighted by Gasteiger charge is -2.03. The summed E-state index contributed by atoms with van der Waals surface area (Å²) in [5.74, 6) is -0.427. The van der Waals surface area contributed by atoms with Crippen molar-refractivity contribution in [2.45, 2.75) is 26.6 Å². The lowest BCUT2D eigenvalue weighted by Crippen LogP contribution is -2.14. The maximum Gasteiger partial charge on any atom is 0.435 e. The van der Waals surface area contributed by atoms with E-state index in [0.29, 0.717) is 16.1 Å². The summed E-state index contributed by atoms with van der Waals surface area (Å²) < 4.78 is 39.9. The number of nitrogens with zero attached hydrogens (tertiary/aromatic N) is 4. The fraction of sp³-hybridized carbons (Fsp3) is 0.250. The Kier molecular flexibility index (Phi) is 4.77. The monoisotopic (exact) mass is 381 g/mol. The van der Waals surface area contributed by atoms with Crippen molar-refractivity contribution in [2.24, 2.45) is 0 Å². The quantitative estimate of drug-likeness (QED) is 0.741. The fourth-order valence-corrected chi connectivity index (χ4v) is 3.16. The third-order valence-corrected chi connectivity index (χ3v) is 4.51. The Balaban J connectivity index is 1.86. The molecule has 1 N–H and O–H groups in total. The Morgan fingerprint density at radius 3 is 2.77 bits per heavy atom. The molecule has 6 nitrogen and oxygen atoms in total.